The van der Waals surface area contributed by atoms with Crippen molar-refractivity contribution in [2.75, 3.05) is 12.4 Å². The van der Waals surface area contributed by atoms with Crippen LogP contribution in [0.25, 0.3) is 0 Å². The van der Waals surface area contributed by atoms with E-state index in [1.165, 1.54) is 11.9 Å². The highest BCUT2D eigenvalue weighted by molar-refractivity contribution is 8.68. The summed E-state index contributed by atoms with van der Waals surface area (Å²) in [6.07, 6.45) is 2.92. The molecule has 3 nitrogen and oxygen atoms in total. The predicted molar refractivity (Wildman–Crippen MR) is 111 cm³/mol. The van der Waals surface area contributed by atoms with Crippen LogP contribution in [0, 0.1) is 0 Å². The Morgan fingerprint density at radius 1 is 1.35 bits per heavy atom. The second-order valence-corrected chi connectivity index (χ2v) is 13.0. The van der Waals surface area contributed by atoms with Crippen molar-refractivity contribution in [2.45, 2.75) is 45.1 Å². The van der Waals surface area contributed by atoms with Gasteiger partial charge in [-0.1, -0.05) is 29.9 Å². The third-order valence-corrected chi connectivity index (χ3v) is 10.5. The van der Waals surface area contributed by atoms with Gasteiger partial charge in [-0.25, -0.2) is 4.40 Å². The quantitative estimate of drug-likeness (QED) is 0.190. The molecule has 0 N–H and O–H groups in total. The molecule has 1 rings (SSSR count). The average molecular weight is 411 g/mol. The molecule has 130 valence electrons. The van der Waals surface area contributed by atoms with Crippen LogP contribution in [0.1, 0.15) is 34.1 Å². The van der Waals surface area contributed by atoms with Crippen molar-refractivity contribution in [3.8, 4) is 0 Å². The van der Waals surface area contributed by atoms with Crippen LogP contribution >= 0.6 is 40.5 Å². The van der Waals surface area contributed by atoms with E-state index in [4.69, 9.17) is 27.9 Å². The van der Waals surface area contributed by atoms with Gasteiger partial charge in [-0.2, -0.15) is 0 Å². The molecular formula is C15H24ClN2OPS3. The Labute approximate surface area is 158 Å². The van der Waals surface area contributed by atoms with E-state index < -0.39 is 5.62 Å². The van der Waals surface area contributed by atoms with E-state index >= 15 is 0 Å². The summed E-state index contributed by atoms with van der Waals surface area (Å²) in [5.74, 6) is 0.999. The Bertz CT molecular complexity index is 540. The zero-order valence-corrected chi connectivity index (χ0v) is 18.0. The third-order valence-electron chi connectivity index (χ3n) is 2.70. The van der Waals surface area contributed by atoms with Gasteiger partial charge in [0.05, 0.1) is 6.61 Å². The highest BCUT2D eigenvalue weighted by Crippen LogP contribution is 2.63. The Kier molecular flexibility index (Phi) is 10.2. The van der Waals surface area contributed by atoms with E-state index in [0.717, 1.165) is 22.1 Å². The van der Waals surface area contributed by atoms with E-state index in [2.05, 4.69) is 29.8 Å². The van der Waals surface area contributed by atoms with Crippen LogP contribution in [0.2, 0.25) is 5.02 Å². The number of benzene rings is 1. The first-order valence-electron chi connectivity index (χ1n) is 7.57. The molecule has 8 heteroatoms. The number of hydrogen-bond acceptors (Lipinski definition) is 5. The van der Waals surface area contributed by atoms with Crippen molar-refractivity contribution in [3.05, 3.63) is 29.3 Å². The molecule has 0 aliphatic carbocycles. The van der Waals surface area contributed by atoms with Gasteiger partial charge < -0.3 is 9.19 Å². The monoisotopic (exact) mass is 410 g/mol. The van der Waals surface area contributed by atoms with Gasteiger partial charge in [-0.3, -0.25) is 0 Å². The van der Waals surface area contributed by atoms with Crippen molar-refractivity contribution in [3.63, 3.8) is 0 Å². The fraction of sp³-hybridized carbons (Fsp3) is 0.533. The van der Waals surface area contributed by atoms with Crippen LogP contribution in [-0.2, 0) is 16.3 Å². The van der Waals surface area contributed by atoms with Crippen molar-refractivity contribution in [1.82, 2.24) is 4.67 Å². The maximum absolute atomic E-state index is 5.97. The van der Waals surface area contributed by atoms with Crippen molar-refractivity contribution < 1.29 is 4.52 Å². The minimum atomic E-state index is -2.13. The van der Waals surface area contributed by atoms with E-state index in [1.807, 2.05) is 37.5 Å². The summed E-state index contributed by atoms with van der Waals surface area (Å²) in [6, 6.07) is 7.87. The first-order chi connectivity index (χ1) is 10.9. The first-order valence-corrected chi connectivity index (χ1v) is 13.0. The Balaban J connectivity index is 2.84. The second kappa shape index (κ2) is 11.0. The Morgan fingerprint density at radius 2 is 2.00 bits per heavy atom. The molecule has 0 aliphatic heterocycles. The summed E-state index contributed by atoms with van der Waals surface area (Å²) in [5, 5.41) is 0.727. The normalized spacial score (nSPS) is 14.3. The zero-order valence-electron chi connectivity index (χ0n) is 13.9. The lowest BCUT2D eigenvalue weighted by Gasteiger charge is -2.34. The molecule has 0 radical (unpaired) electrons. The van der Waals surface area contributed by atoms with Crippen LogP contribution in [0.4, 0.5) is 0 Å². The average Bonchev–Trinajstić information content (AvgIpc) is 2.51. The van der Waals surface area contributed by atoms with Gasteiger partial charge in [0.1, 0.15) is 6.34 Å². The fourth-order valence-corrected chi connectivity index (χ4v) is 8.75. The predicted octanol–water partition coefficient (Wildman–Crippen LogP) is 6.49. The topological polar surface area (TPSA) is 24.8 Å². The molecular weight excluding hydrogens is 387 g/mol. The number of nitrogens with zero attached hydrogens (tertiary/aromatic N) is 2. The maximum Gasteiger partial charge on any atom is 0.214 e. The lowest BCUT2D eigenvalue weighted by molar-refractivity contribution is 0.352. The maximum atomic E-state index is 5.97. The summed E-state index contributed by atoms with van der Waals surface area (Å²) in [6.45, 7) is 9.00. The number of rotatable bonds is 10. The molecule has 0 saturated heterocycles. The molecule has 0 spiro atoms. The third kappa shape index (κ3) is 7.37. The fourth-order valence-electron chi connectivity index (χ4n) is 1.65. The first kappa shape index (κ1) is 21.3. The summed E-state index contributed by atoms with van der Waals surface area (Å²) in [5.41, 5.74) is -2.13. The largest absolute Gasteiger partial charge is 0.327 e. The van der Waals surface area contributed by atoms with Crippen LogP contribution in [0.15, 0.2) is 33.6 Å². The highest BCUT2D eigenvalue weighted by Gasteiger charge is 2.27. The van der Waals surface area contributed by atoms with Crippen molar-refractivity contribution in [1.29, 1.82) is 0 Å². The van der Waals surface area contributed by atoms with Crippen LogP contribution in [-0.4, -0.2) is 29.4 Å². The van der Waals surface area contributed by atoms with Gasteiger partial charge in [-0.15, -0.1) is 0 Å². The van der Waals surface area contributed by atoms with Crippen molar-refractivity contribution >= 4 is 58.7 Å². The lowest BCUT2D eigenvalue weighted by Crippen LogP contribution is -2.26. The molecule has 0 saturated carbocycles. The molecule has 23 heavy (non-hydrogen) atoms. The smallest absolute Gasteiger partial charge is 0.214 e. The van der Waals surface area contributed by atoms with Crippen LogP contribution in [0.5, 0.6) is 0 Å². The minimum Gasteiger partial charge on any atom is -0.327 e. The van der Waals surface area contributed by atoms with Gasteiger partial charge >= 0.3 is 0 Å². The van der Waals surface area contributed by atoms with Gasteiger partial charge in [0.2, 0.25) is 5.62 Å². The summed E-state index contributed by atoms with van der Waals surface area (Å²) >= 11 is 14.9. The van der Waals surface area contributed by atoms with E-state index in [9.17, 15) is 0 Å². The number of hydrogen-bond donors (Lipinski definition) is 0. The van der Waals surface area contributed by atoms with Crippen molar-refractivity contribution in [2.24, 2.45) is 4.40 Å². The lowest BCUT2D eigenvalue weighted by atomic mass is 10.4. The molecule has 0 bridgehead atoms. The van der Waals surface area contributed by atoms with E-state index in [0.29, 0.717) is 6.61 Å². The van der Waals surface area contributed by atoms with E-state index in [1.54, 1.807) is 11.4 Å². The Morgan fingerprint density at radius 3 is 2.52 bits per heavy atom. The van der Waals surface area contributed by atoms with E-state index in [-0.39, 0.29) is 6.04 Å². The van der Waals surface area contributed by atoms with Gasteiger partial charge in [-0.05, 0) is 63.3 Å². The van der Waals surface area contributed by atoms with Crippen LogP contribution < -0.4 is 0 Å². The summed E-state index contributed by atoms with van der Waals surface area (Å²) < 4.78 is 12.6. The SMILES string of the molecule is CCCSP(=S)(OCC)N(C=NSc1ccc(Cl)cc1)C(C)C. The molecule has 1 aromatic carbocycles. The summed E-state index contributed by atoms with van der Waals surface area (Å²) in [4.78, 5) is 1.04. The zero-order chi connectivity index (χ0) is 17.3. The van der Waals surface area contributed by atoms with Gasteiger partial charge in [0, 0.05) is 33.7 Å². The number of halogens is 1. The minimum absolute atomic E-state index is 0.242. The summed E-state index contributed by atoms with van der Waals surface area (Å²) in [7, 11) is 0. The molecule has 0 aromatic heterocycles. The Hall–Kier alpha value is 0.290. The van der Waals surface area contributed by atoms with Gasteiger partial charge in [0.15, 0.2) is 0 Å². The second-order valence-electron chi connectivity index (χ2n) is 4.96. The molecule has 1 atom stereocenters. The molecule has 0 aliphatic rings. The molecule has 0 amide bonds. The molecule has 0 heterocycles. The highest BCUT2D eigenvalue weighted by atomic mass is 35.5. The molecule has 1 aromatic rings. The molecule has 1 unspecified atom stereocenters. The van der Waals surface area contributed by atoms with Crippen LogP contribution in [0.3, 0.4) is 0 Å². The molecule has 0 fully saturated rings. The standard InChI is InChI=1S/C15H24ClN2OPS3/c1-5-11-22-20(21,19-6-2)18(13(3)4)12-17-23-15-9-7-14(16)8-10-15/h7-10,12-13H,5-6,11H2,1-4H3. The van der Waals surface area contributed by atoms with Gasteiger partial charge in [0.25, 0.3) is 0 Å².